The van der Waals surface area contributed by atoms with Gasteiger partial charge in [0.2, 0.25) is 0 Å². The molecule has 0 bridgehead atoms. The molecule has 0 unspecified atom stereocenters. The van der Waals surface area contributed by atoms with Crippen molar-refractivity contribution in [1.82, 2.24) is 10.2 Å². The van der Waals surface area contributed by atoms with Crippen LogP contribution in [0.5, 0.6) is 0 Å². The molecule has 1 aromatic heterocycles. The van der Waals surface area contributed by atoms with Crippen molar-refractivity contribution in [3.63, 3.8) is 0 Å². The van der Waals surface area contributed by atoms with Crippen LogP contribution < -0.4 is 10.7 Å². The SMILES string of the molecule is C/C(=N\N(C)c1ccc(Cl)nn1)c1cc(Cl)ccc1N. The van der Waals surface area contributed by atoms with Gasteiger partial charge in [0.25, 0.3) is 0 Å². The van der Waals surface area contributed by atoms with Crippen molar-refractivity contribution >= 4 is 40.4 Å². The van der Waals surface area contributed by atoms with Crippen molar-refractivity contribution in [2.24, 2.45) is 5.10 Å². The number of halogens is 2. The van der Waals surface area contributed by atoms with Crippen LogP contribution in [0.4, 0.5) is 11.5 Å². The maximum absolute atomic E-state index is 5.97. The minimum Gasteiger partial charge on any atom is -0.398 e. The molecule has 104 valence electrons. The van der Waals surface area contributed by atoms with Crippen molar-refractivity contribution in [3.05, 3.63) is 46.1 Å². The first-order valence-corrected chi connectivity index (χ1v) is 6.56. The number of rotatable bonds is 3. The lowest BCUT2D eigenvalue weighted by molar-refractivity contribution is 0.918. The predicted molar refractivity (Wildman–Crippen MR) is 83.5 cm³/mol. The predicted octanol–water partition coefficient (Wildman–Crippen LogP) is 3.23. The Balaban J connectivity index is 2.29. The number of hydrazone groups is 1. The number of hydrogen-bond acceptors (Lipinski definition) is 5. The summed E-state index contributed by atoms with van der Waals surface area (Å²) in [5.74, 6) is 0.578. The highest BCUT2D eigenvalue weighted by molar-refractivity contribution is 6.31. The van der Waals surface area contributed by atoms with Gasteiger partial charge in [0, 0.05) is 23.3 Å². The van der Waals surface area contributed by atoms with Crippen molar-refractivity contribution in [1.29, 1.82) is 0 Å². The Morgan fingerprint density at radius 3 is 2.60 bits per heavy atom. The summed E-state index contributed by atoms with van der Waals surface area (Å²) in [6.45, 7) is 1.85. The van der Waals surface area contributed by atoms with E-state index in [1.54, 1.807) is 42.4 Å². The molecular formula is C13H13Cl2N5. The first-order chi connectivity index (χ1) is 9.47. The normalized spacial score (nSPS) is 11.5. The van der Waals surface area contributed by atoms with Gasteiger partial charge in [-0.2, -0.15) is 5.10 Å². The third-order valence-electron chi connectivity index (χ3n) is 2.65. The largest absolute Gasteiger partial charge is 0.398 e. The number of benzene rings is 1. The molecule has 2 aromatic rings. The Bertz CT molecular complexity index is 640. The van der Waals surface area contributed by atoms with E-state index in [9.17, 15) is 0 Å². The number of nitrogens with zero attached hydrogens (tertiary/aromatic N) is 4. The van der Waals surface area contributed by atoms with Crippen molar-refractivity contribution < 1.29 is 0 Å². The van der Waals surface area contributed by atoms with Gasteiger partial charge in [-0.15, -0.1) is 10.2 Å². The number of aromatic nitrogens is 2. The van der Waals surface area contributed by atoms with Crippen LogP contribution in [0.25, 0.3) is 0 Å². The van der Waals surface area contributed by atoms with Crippen LogP contribution in [0.15, 0.2) is 35.4 Å². The van der Waals surface area contributed by atoms with E-state index >= 15 is 0 Å². The molecule has 0 aliphatic rings. The maximum atomic E-state index is 5.97. The summed E-state index contributed by atoms with van der Waals surface area (Å²) in [4.78, 5) is 0. The Labute approximate surface area is 127 Å². The molecule has 0 spiro atoms. The molecule has 0 atom stereocenters. The summed E-state index contributed by atoms with van der Waals surface area (Å²) >= 11 is 11.7. The molecule has 0 aliphatic heterocycles. The molecule has 7 heteroatoms. The molecule has 0 amide bonds. The Kier molecular flexibility index (Phi) is 4.42. The molecule has 0 radical (unpaired) electrons. The van der Waals surface area contributed by atoms with Crippen LogP contribution in [0, 0.1) is 0 Å². The van der Waals surface area contributed by atoms with Gasteiger partial charge in [0.1, 0.15) is 0 Å². The minimum atomic E-state index is 0.335. The van der Waals surface area contributed by atoms with E-state index in [2.05, 4.69) is 15.3 Å². The lowest BCUT2D eigenvalue weighted by Crippen LogP contribution is -2.14. The van der Waals surface area contributed by atoms with Crippen LogP contribution in [0.2, 0.25) is 10.2 Å². The Morgan fingerprint density at radius 1 is 1.20 bits per heavy atom. The molecule has 2 N–H and O–H groups in total. The van der Waals surface area contributed by atoms with Crippen LogP contribution in [-0.4, -0.2) is 23.0 Å². The average molecular weight is 310 g/mol. The smallest absolute Gasteiger partial charge is 0.171 e. The number of nitrogens with two attached hydrogens (primary N) is 1. The van der Waals surface area contributed by atoms with Gasteiger partial charge in [0.05, 0.1) is 5.71 Å². The van der Waals surface area contributed by atoms with E-state index in [-0.39, 0.29) is 0 Å². The van der Waals surface area contributed by atoms with Crippen LogP contribution in [-0.2, 0) is 0 Å². The monoisotopic (exact) mass is 309 g/mol. The molecule has 1 heterocycles. The fourth-order valence-electron chi connectivity index (χ4n) is 1.65. The summed E-state index contributed by atoms with van der Waals surface area (Å²) in [5.41, 5.74) is 8.05. The van der Waals surface area contributed by atoms with Gasteiger partial charge in [-0.1, -0.05) is 23.2 Å². The van der Waals surface area contributed by atoms with Gasteiger partial charge < -0.3 is 5.73 Å². The minimum absolute atomic E-state index is 0.335. The highest BCUT2D eigenvalue weighted by Crippen LogP contribution is 2.19. The molecule has 0 saturated heterocycles. The van der Waals surface area contributed by atoms with Crippen LogP contribution >= 0.6 is 23.2 Å². The van der Waals surface area contributed by atoms with Gasteiger partial charge in [-0.3, -0.25) is 0 Å². The van der Waals surface area contributed by atoms with Gasteiger partial charge in [0.15, 0.2) is 11.0 Å². The van der Waals surface area contributed by atoms with Crippen LogP contribution in [0.1, 0.15) is 12.5 Å². The first-order valence-electron chi connectivity index (χ1n) is 5.81. The second-order valence-corrected chi connectivity index (χ2v) is 4.98. The van der Waals surface area contributed by atoms with Crippen LogP contribution in [0.3, 0.4) is 0 Å². The Morgan fingerprint density at radius 2 is 1.95 bits per heavy atom. The van der Waals surface area contributed by atoms with E-state index in [0.717, 1.165) is 11.3 Å². The summed E-state index contributed by atoms with van der Waals surface area (Å²) in [5, 5.41) is 14.7. The van der Waals surface area contributed by atoms with Gasteiger partial charge in [-0.25, -0.2) is 5.01 Å². The standard InChI is InChI=1S/C13H13Cl2N5/c1-8(10-7-9(14)3-4-11(10)16)19-20(2)13-6-5-12(15)17-18-13/h3-7H,16H2,1-2H3/b19-8+. The first kappa shape index (κ1) is 14.6. The van der Waals surface area contributed by atoms with E-state index in [0.29, 0.717) is 21.7 Å². The second kappa shape index (κ2) is 6.07. The lowest BCUT2D eigenvalue weighted by Gasteiger charge is -2.13. The molecule has 0 aliphatic carbocycles. The molecule has 20 heavy (non-hydrogen) atoms. The van der Waals surface area contributed by atoms with Crippen molar-refractivity contribution in [3.8, 4) is 0 Å². The zero-order valence-corrected chi connectivity index (χ0v) is 12.5. The quantitative estimate of drug-likeness (QED) is 0.537. The maximum Gasteiger partial charge on any atom is 0.171 e. The van der Waals surface area contributed by atoms with E-state index < -0.39 is 0 Å². The highest BCUT2D eigenvalue weighted by atomic mass is 35.5. The molecule has 0 saturated carbocycles. The molecular weight excluding hydrogens is 297 g/mol. The van der Waals surface area contributed by atoms with Gasteiger partial charge in [-0.05, 0) is 37.3 Å². The average Bonchev–Trinajstić information content (AvgIpc) is 2.42. The van der Waals surface area contributed by atoms with E-state index in [4.69, 9.17) is 28.9 Å². The lowest BCUT2D eigenvalue weighted by atomic mass is 10.1. The summed E-state index contributed by atoms with van der Waals surface area (Å²) in [7, 11) is 1.77. The molecule has 0 fully saturated rings. The topological polar surface area (TPSA) is 67.4 Å². The summed E-state index contributed by atoms with van der Waals surface area (Å²) in [6, 6.07) is 8.64. The van der Waals surface area contributed by atoms with Crippen molar-refractivity contribution in [2.75, 3.05) is 17.8 Å². The number of hydrogen-bond donors (Lipinski definition) is 1. The van der Waals surface area contributed by atoms with E-state index in [1.165, 1.54) is 0 Å². The zero-order valence-electron chi connectivity index (χ0n) is 11.0. The fourth-order valence-corrected chi connectivity index (χ4v) is 1.93. The summed E-state index contributed by atoms with van der Waals surface area (Å²) < 4.78 is 0. The molecule has 5 nitrogen and oxygen atoms in total. The Hall–Kier alpha value is -1.85. The summed E-state index contributed by atoms with van der Waals surface area (Å²) in [6.07, 6.45) is 0. The third-order valence-corrected chi connectivity index (χ3v) is 3.09. The highest BCUT2D eigenvalue weighted by Gasteiger charge is 2.07. The third kappa shape index (κ3) is 3.37. The fraction of sp³-hybridized carbons (Fsp3) is 0.154. The zero-order chi connectivity index (χ0) is 14.7. The number of nitrogen functional groups attached to an aromatic ring is 1. The van der Waals surface area contributed by atoms with E-state index in [1.807, 2.05) is 6.92 Å². The number of anilines is 2. The molecule has 2 rings (SSSR count). The second-order valence-electron chi connectivity index (χ2n) is 4.15. The van der Waals surface area contributed by atoms with Crippen molar-refractivity contribution in [2.45, 2.75) is 6.92 Å². The van der Waals surface area contributed by atoms with Gasteiger partial charge >= 0.3 is 0 Å². The molecule has 1 aromatic carbocycles.